The van der Waals surface area contributed by atoms with E-state index < -0.39 is 5.54 Å². The van der Waals surface area contributed by atoms with Gasteiger partial charge in [0.1, 0.15) is 11.5 Å². The first kappa shape index (κ1) is 23.3. The molecule has 0 aliphatic carbocycles. The van der Waals surface area contributed by atoms with Crippen LogP contribution in [0.4, 0.5) is 0 Å². The second kappa shape index (κ2) is 8.98. The van der Waals surface area contributed by atoms with E-state index in [0.717, 1.165) is 65.5 Å². The zero-order valence-electron chi connectivity index (χ0n) is 20.6. The minimum atomic E-state index is -0.634. The van der Waals surface area contributed by atoms with E-state index in [2.05, 4.69) is 28.0 Å². The van der Waals surface area contributed by atoms with Gasteiger partial charge in [0.15, 0.2) is 0 Å². The van der Waals surface area contributed by atoms with Crippen molar-refractivity contribution in [3.05, 3.63) is 71.5 Å². The van der Waals surface area contributed by atoms with Gasteiger partial charge in [0.25, 0.3) is 5.91 Å². The number of carbonyl (C=O) groups excluding carboxylic acids is 2. The number of carbonyl (C=O) groups is 2. The van der Waals surface area contributed by atoms with Gasteiger partial charge in [-0.15, -0.1) is 0 Å². The molecule has 2 aliphatic heterocycles. The number of fused-ring (bicyclic) bond motifs is 1. The third-order valence-corrected chi connectivity index (χ3v) is 7.44. The molecule has 5 rings (SSSR count). The molecule has 2 aromatic carbocycles. The van der Waals surface area contributed by atoms with Crippen LogP contribution in [0.2, 0.25) is 0 Å². The van der Waals surface area contributed by atoms with E-state index in [0.29, 0.717) is 13.1 Å². The van der Waals surface area contributed by atoms with Crippen molar-refractivity contribution in [2.75, 3.05) is 33.2 Å². The molecule has 2 N–H and O–H groups in total. The number of primary amides is 1. The van der Waals surface area contributed by atoms with Gasteiger partial charge < -0.3 is 15.1 Å². The maximum Gasteiger partial charge on any atom is 0.254 e. The van der Waals surface area contributed by atoms with Crippen LogP contribution < -0.4 is 5.73 Å². The molecule has 35 heavy (non-hydrogen) atoms. The van der Waals surface area contributed by atoms with Crippen LogP contribution in [0, 0.1) is 0 Å². The van der Waals surface area contributed by atoms with Crippen LogP contribution in [0.15, 0.2) is 59.0 Å². The van der Waals surface area contributed by atoms with Gasteiger partial charge in [-0.3, -0.25) is 19.4 Å². The van der Waals surface area contributed by atoms with Gasteiger partial charge in [-0.25, -0.2) is 0 Å². The second-order valence-corrected chi connectivity index (χ2v) is 9.99. The first-order valence-electron chi connectivity index (χ1n) is 12.1. The molecule has 2 aliphatic rings. The number of piperazine rings is 1. The van der Waals surface area contributed by atoms with E-state index in [4.69, 9.17) is 10.2 Å². The SMILES string of the molecule is CN1Cc2c(cccc2-c2ccccc2-c2ccc(CN3CCN(C(C)(C)C(N)=O)CC3)o2)C1=O. The van der Waals surface area contributed by atoms with E-state index in [-0.39, 0.29) is 11.8 Å². The smallest absolute Gasteiger partial charge is 0.254 e. The highest BCUT2D eigenvalue weighted by Gasteiger charge is 2.35. The summed E-state index contributed by atoms with van der Waals surface area (Å²) in [5.41, 5.74) is 9.95. The number of hydrogen-bond acceptors (Lipinski definition) is 5. The molecule has 182 valence electrons. The van der Waals surface area contributed by atoms with Crippen LogP contribution in [-0.2, 0) is 17.9 Å². The minimum Gasteiger partial charge on any atom is -0.460 e. The van der Waals surface area contributed by atoms with Crippen molar-refractivity contribution in [2.45, 2.75) is 32.5 Å². The Bertz CT molecular complexity index is 1270. The zero-order valence-corrected chi connectivity index (χ0v) is 20.6. The summed E-state index contributed by atoms with van der Waals surface area (Å²) in [4.78, 5) is 30.5. The lowest BCUT2D eigenvalue weighted by atomic mass is 9.92. The number of rotatable bonds is 6. The van der Waals surface area contributed by atoms with Crippen LogP contribution in [0.5, 0.6) is 0 Å². The summed E-state index contributed by atoms with van der Waals surface area (Å²) in [5.74, 6) is 1.50. The van der Waals surface area contributed by atoms with Crippen LogP contribution in [-0.4, -0.2) is 65.3 Å². The summed E-state index contributed by atoms with van der Waals surface area (Å²) >= 11 is 0. The van der Waals surface area contributed by atoms with Crippen molar-refractivity contribution in [3.63, 3.8) is 0 Å². The van der Waals surface area contributed by atoms with Gasteiger partial charge in [-0.1, -0.05) is 36.4 Å². The monoisotopic (exact) mass is 472 g/mol. The van der Waals surface area contributed by atoms with Crippen LogP contribution >= 0.6 is 0 Å². The molecule has 7 nitrogen and oxygen atoms in total. The topological polar surface area (TPSA) is 83.0 Å². The summed E-state index contributed by atoms with van der Waals surface area (Å²) < 4.78 is 6.32. The van der Waals surface area contributed by atoms with Crippen molar-refractivity contribution in [3.8, 4) is 22.5 Å². The molecule has 3 aromatic rings. The van der Waals surface area contributed by atoms with Crippen LogP contribution in [0.3, 0.4) is 0 Å². The lowest BCUT2D eigenvalue weighted by Gasteiger charge is -2.42. The fraction of sp³-hybridized carbons (Fsp3) is 0.357. The molecule has 0 atom stereocenters. The number of benzene rings is 2. The molecule has 1 aromatic heterocycles. The van der Waals surface area contributed by atoms with Gasteiger partial charge in [-0.05, 0) is 48.7 Å². The molecule has 0 radical (unpaired) electrons. The quantitative estimate of drug-likeness (QED) is 0.593. The van der Waals surface area contributed by atoms with Crippen molar-refractivity contribution in [2.24, 2.45) is 5.73 Å². The van der Waals surface area contributed by atoms with Crippen molar-refractivity contribution >= 4 is 11.8 Å². The molecular weight excluding hydrogens is 440 g/mol. The molecule has 0 unspecified atom stereocenters. The van der Waals surface area contributed by atoms with Gasteiger partial charge in [0.05, 0.1) is 12.1 Å². The predicted octanol–water partition coefficient (Wildman–Crippen LogP) is 3.58. The molecule has 0 spiro atoms. The third-order valence-electron chi connectivity index (χ3n) is 7.44. The molecular formula is C28H32N4O3. The summed E-state index contributed by atoms with van der Waals surface area (Å²) in [6.07, 6.45) is 0. The highest BCUT2D eigenvalue weighted by Crippen LogP contribution is 2.38. The molecule has 1 saturated heterocycles. The Morgan fingerprint density at radius 1 is 0.914 bits per heavy atom. The van der Waals surface area contributed by atoms with Gasteiger partial charge >= 0.3 is 0 Å². The fourth-order valence-corrected chi connectivity index (χ4v) is 5.11. The van der Waals surface area contributed by atoms with E-state index in [9.17, 15) is 9.59 Å². The van der Waals surface area contributed by atoms with E-state index >= 15 is 0 Å². The largest absolute Gasteiger partial charge is 0.460 e. The highest BCUT2D eigenvalue weighted by molar-refractivity contribution is 6.01. The number of furan rings is 1. The number of amides is 2. The lowest BCUT2D eigenvalue weighted by molar-refractivity contribution is -0.129. The molecule has 0 bridgehead atoms. The average Bonchev–Trinajstić information content (AvgIpc) is 3.43. The van der Waals surface area contributed by atoms with E-state index in [1.54, 1.807) is 4.90 Å². The predicted molar refractivity (Wildman–Crippen MR) is 136 cm³/mol. The number of nitrogens with two attached hydrogens (primary N) is 1. The Morgan fingerprint density at radius 3 is 2.29 bits per heavy atom. The number of nitrogens with zero attached hydrogens (tertiary/aromatic N) is 3. The summed E-state index contributed by atoms with van der Waals surface area (Å²) in [6, 6.07) is 18.2. The Balaban J connectivity index is 1.35. The maximum atomic E-state index is 12.5. The van der Waals surface area contributed by atoms with Gasteiger partial charge in [0, 0.05) is 50.9 Å². The Hall–Kier alpha value is -3.42. The normalized spacial score (nSPS) is 17.1. The van der Waals surface area contributed by atoms with Crippen molar-refractivity contribution in [1.29, 1.82) is 0 Å². The van der Waals surface area contributed by atoms with Crippen molar-refractivity contribution in [1.82, 2.24) is 14.7 Å². The average molecular weight is 473 g/mol. The Morgan fingerprint density at radius 2 is 1.57 bits per heavy atom. The highest BCUT2D eigenvalue weighted by atomic mass is 16.3. The molecule has 7 heteroatoms. The van der Waals surface area contributed by atoms with Gasteiger partial charge in [0.2, 0.25) is 5.91 Å². The van der Waals surface area contributed by atoms with Crippen LogP contribution in [0.25, 0.3) is 22.5 Å². The summed E-state index contributed by atoms with van der Waals surface area (Å²) in [5, 5.41) is 0. The second-order valence-electron chi connectivity index (χ2n) is 9.99. The molecule has 0 saturated carbocycles. The molecule has 1 fully saturated rings. The first-order chi connectivity index (χ1) is 16.8. The lowest BCUT2D eigenvalue weighted by Crippen LogP contribution is -2.59. The molecule has 2 amide bonds. The maximum absolute atomic E-state index is 12.5. The third kappa shape index (κ3) is 4.26. The number of hydrogen-bond donors (Lipinski definition) is 1. The summed E-state index contributed by atoms with van der Waals surface area (Å²) in [7, 11) is 1.84. The van der Waals surface area contributed by atoms with Crippen molar-refractivity contribution < 1.29 is 14.0 Å². The Labute approximate surface area is 206 Å². The van der Waals surface area contributed by atoms with Crippen LogP contribution in [0.1, 0.15) is 35.5 Å². The first-order valence-corrected chi connectivity index (χ1v) is 12.1. The van der Waals surface area contributed by atoms with E-state index in [1.165, 1.54) is 0 Å². The van der Waals surface area contributed by atoms with E-state index in [1.807, 2.05) is 57.3 Å². The fourth-order valence-electron chi connectivity index (χ4n) is 5.11. The van der Waals surface area contributed by atoms with Gasteiger partial charge in [-0.2, -0.15) is 0 Å². The molecule has 3 heterocycles. The Kier molecular flexibility index (Phi) is 5.99. The standard InChI is InChI=1S/C28H32N4O3/c1-28(2,27(29)34)32-15-13-31(14-16-32)17-19-11-12-25(35-19)22-8-5-4-7-20(22)21-9-6-10-23-24(21)18-30(3)26(23)33/h4-12H,13-18H2,1-3H3,(H2,29,34). The summed E-state index contributed by atoms with van der Waals surface area (Å²) in [6.45, 7) is 8.38. The zero-order chi connectivity index (χ0) is 24.7. The minimum absolute atomic E-state index is 0.0685.